The van der Waals surface area contributed by atoms with Gasteiger partial charge in [-0.2, -0.15) is 0 Å². The summed E-state index contributed by atoms with van der Waals surface area (Å²) in [5, 5.41) is 0. The van der Waals surface area contributed by atoms with Gasteiger partial charge in [0.15, 0.2) is 6.10 Å². The Bertz CT molecular complexity index is 1550. The van der Waals surface area contributed by atoms with Crippen molar-refractivity contribution in [2.45, 2.75) is 367 Å². The van der Waals surface area contributed by atoms with Crippen LogP contribution in [-0.2, 0) is 28.6 Å². The van der Waals surface area contributed by atoms with Gasteiger partial charge in [-0.1, -0.05) is 350 Å². The van der Waals surface area contributed by atoms with Crippen LogP contribution in [0, 0.1) is 0 Å². The molecule has 0 saturated carbocycles. The van der Waals surface area contributed by atoms with Crippen LogP contribution in [0.4, 0.5) is 0 Å². The zero-order chi connectivity index (χ0) is 59.2. The van der Waals surface area contributed by atoms with Crippen LogP contribution >= 0.6 is 0 Å². The predicted molar refractivity (Wildman–Crippen MR) is 358 cm³/mol. The Morgan fingerprint density at radius 1 is 0.256 bits per heavy atom. The fourth-order valence-corrected chi connectivity index (χ4v) is 10.4. The van der Waals surface area contributed by atoms with E-state index < -0.39 is 6.10 Å². The molecule has 6 heteroatoms. The van der Waals surface area contributed by atoms with Gasteiger partial charge in [0, 0.05) is 19.3 Å². The molecule has 0 aromatic heterocycles. The molecule has 0 saturated heterocycles. The molecular weight excluding hydrogens is 1010 g/mol. The lowest BCUT2D eigenvalue weighted by atomic mass is 10.0. The van der Waals surface area contributed by atoms with E-state index >= 15 is 0 Å². The minimum atomic E-state index is -0.774. The van der Waals surface area contributed by atoms with Crippen LogP contribution in [-0.4, -0.2) is 37.2 Å². The number of carbonyl (C=O) groups is 3. The Labute approximate surface area is 509 Å². The molecule has 82 heavy (non-hydrogen) atoms. The normalized spacial score (nSPS) is 12.6. The number of unbranched alkanes of at least 4 members (excludes halogenated alkanes) is 40. The van der Waals surface area contributed by atoms with E-state index in [2.05, 4.69) is 106 Å². The molecule has 474 valence electrons. The SMILES string of the molecule is CC/C=C\C/C=C\C/C=C\C/C=C\C/C=C\C/C=C\C/C=C\CCCCCCCCCCCCCC(=O)OCC(COC(=O)CCCCCCCCCCCCCCC)OC(=O)CCCCCCCCCCCCCCCCCCCC. The highest BCUT2D eigenvalue weighted by Crippen LogP contribution is 2.18. The van der Waals surface area contributed by atoms with E-state index in [1.807, 2.05) is 0 Å². The zero-order valence-electron chi connectivity index (χ0n) is 54.5. The minimum Gasteiger partial charge on any atom is -0.462 e. The molecule has 1 unspecified atom stereocenters. The van der Waals surface area contributed by atoms with Crippen molar-refractivity contribution in [1.29, 1.82) is 0 Å². The number of ether oxygens (including phenoxy) is 3. The van der Waals surface area contributed by atoms with Gasteiger partial charge in [0.2, 0.25) is 0 Å². The van der Waals surface area contributed by atoms with Crippen molar-refractivity contribution in [3.05, 3.63) is 85.1 Å². The van der Waals surface area contributed by atoms with Gasteiger partial charge in [0.1, 0.15) is 13.2 Å². The Kier molecular flexibility index (Phi) is 67.2. The monoisotopic (exact) mass is 1140 g/mol. The third kappa shape index (κ3) is 67.4. The maximum Gasteiger partial charge on any atom is 0.306 e. The van der Waals surface area contributed by atoms with Crippen LogP contribution in [0.5, 0.6) is 0 Å². The van der Waals surface area contributed by atoms with Crippen LogP contribution < -0.4 is 0 Å². The second kappa shape index (κ2) is 70.1. The Hall–Kier alpha value is -3.41. The summed E-state index contributed by atoms with van der Waals surface area (Å²) in [7, 11) is 0. The molecule has 0 aliphatic heterocycles. The van der Waals surface area contributed by atoms with Gasteiger partial charge in [0.25, 0.3) is 0 Å². The van der Waals surface area contributed by atoms with Gasteiger partial charge in [-0.15, -0.1) is 0 Å². The molecule has 0 spiro atoms. The molecule has 0 aliphatic rings. The van der Waals surface area contributed by atoms with Crippen molar-refractivity contribution in [3.63, 3.8) is 0 Å². The molecule has 6 nitrogen and oxygen atoms in total. The fourth-order valence-electron chi connectivity index (χ4n) is 10.4. The predicted octanol–water partition coefficient (Wildman–Crippen LogP) is 24.6. The van der Waals surface area contributed by atoms with Gasteiger partial charge in [-0.25, -0.2) is 0 Å². The maximum absolute atomic E-state index is 12.9. The highest BCUT2D eigenvalue weighted by Gasteiger charge is 2.19. The number of rotatable bonds is 65. The Balaban J connectivity index is 4.21. The molecule has 0 fully saturated rings. The summed E-state index contributed by atoms with van der Waals surface area (Å²) < 4.78 is 17.0. The molecule has 0 bridgehead atoms. The van der Waals surface area contributed by atoms with Crippen LogP contribution in [0.25, 0.3) is 0 Å². The average Bonchev–Trinajstić information content (AvgIpc) is 3.47. The van der Waals surface area contributed by atoms with E-state index in [0.29, 0.717) is 19.3 Å². The first kappa shape index (κ1) is 78.6. The zero-order valence-corrected chi connectivity index (χ0v) is 54.5. The summed E-state index contributed by atoms with van der Waals surface area (Å²) in [6.07, 6.45) is 93.2. The fraction of sp³-hybridized carbons (Fsp3) is 0.776. The number of hydrogen-bond donors (Lipinski definition) is 0. The highest BCUT2D eigenvalue weighted by atomic mass is 16.6. The molecule has 0 rings (SSSR count). The molecule has 0 heterocycles. The molecule has 0 radical (unpaired) electrons. The van der Waals surface area contributed by atoms with Crippen molar-refractivity contribution in [2.24, 2.45) is 0 Å². The van der Waals surface area contributed by atoms with E-state index in [1.54, 1.807) is 0 Å². The second-order valence-electron chi connectivity index (χ2n) is 23.8. The van der Waals surface area contributed by atoms with Gasteiger partial charge >= 0.3 is 17.9 Å². The Morgan fingerprint density at radius 2 is 0.476 bits per heavy atom. The van der Waals surface area contributed by atoms with Crippen molar-refractivity contribution in [1.82, 2.24) is 0 Å². The third-order valence-corrected chi connectivity index (χ3v) is 15.7. The van der Waals surface area contributed by atoms with Gasteiger partial charge in [0.05, 0.1) is 0 Å². The number of carbonyl (C=O) groups excluding carboxylic acids is 3. The molecule has 0 aliphatic carbocycles. The van der Waals surface area contributed by atoms with Crippen molar-refractivity contribution in [3.8, 4) is 0 Å². The largest absolute Gasteiger partial charge is 0.462 e. The van der Waals surface area contributed by atoms with Crippen molar-refractivity contribution < 1.29 is 28.6 Å². The van der Waals surface area contributed by atoms with E-state index in [-0.39, 0.29) is 31.1 Å². The lowest BCUT2D eigenvalue weighted by molar-refractivity contribution is -0.167. The van der Waals surface area contributed by atoms with Crippen molar-refractivity contribution in [2.75, 3.05) is 13.2 Å². The van der Waals surface area contributed by atoms with Crippen LogP contribution in [0.15, 0.2) is 85.1 Å². The quantitative estimate of drug-likeness (QED) is 0.0261. The smallest absolute Gasteiger partial charge is 0.306 e. The lowest BCUT2D eigenvalue weighted by Crippen LogP contribution is -2.30. The molecule has 0 aromatic rings. The summed E-state index contributed by atoms with van der Waals surface area (Å²) in [6.45, 7) is 6.58. The van der Waals surface area contributed by atoms with Crippen LogP contribution in [0.1, 0.15) is 361 Å². The molecule has 1 atom stereocenters. The van der Waals surface area contributed by atoms with E-state index in [0.717, 1.165) is 103 Å². The van der Waals surface area contributed by atoms with Gasteiger partial charge < -0.3 is 14.2 Å². The summed E-state index contributed by atoms with van der Waals surface area (Å²) in [5.41, 5.74) is 0. The highest BCUT2D eigenvalue weighted by molar-refractivity contribution is 5.71. The summed E-state index contributed by atoms with van der Waals surface area (Å²) in [5.74, 6) is -0.851. The first-order valence-corrected chi connectivity index (χ1v) is 35.6. The van der Waals surface area contributed by atoms with Crippen LogP contribution in [0.2, 0.25) is 0 Å². The van der Waals surface area contributed by atoms with Gasteiger partial charge in [-0.05, 0) is 77.0 Å². The first-order chi connectivity index (χ1) is 40.5. The summed E-state index contributed by atoms with van der Waals surface area (Å²) in [4.78, 5) is 38.4. The number of allylic oxidation sites excluding steroid dienone is 14. The van der Waals surface area contributed by atoms with E-state index in [4.69, 9.17) is 14.2 Å². The lowest BCUT2D eigenvalue weighted by Gasteiger charge is -2.18. The third-order valence-electron chi connectivity index (χ3n) is 15.7. The van der Waals surface area contributed by atoms with Gasteiger partial charge in [-0.3, -0.25) is 14.4 Å². The molecule has 0 N–H and O–H groups in total. The Morgan fingerprint density at radius 3 is 0.744 bits per heavy atom. The number of esters is 3. The maximum atomic E-state index is 12.9. The standard InChI is InChI=1S/C76H134O6/c1-4-7-10-13-16-19-22-25-27-29-31-32-33-34-35-36-37-38-39-40-41-42-43-44-45-47-48-51-54-57-60-63-66-69-75(78)81-72-73(71-80-74(77)68-65-62-59-56-53-50-24-21-18-15-12-9-6-3)82-76(79)70-67-64-61-58-55-52-49-46-30-28-26-23-20-17-14-11-8-5-2/h7,10,16,19,25,27,31-32,34-35,37-38,40-41,73H,4-6,8-9,11-15,17-18,20-24,26,28-30,33,36,39,42-72H2,1-3H3/b10-7-,19-16-,27-25-,32-31-,35-34-,38-37-,41-40-. The average molecular weight is 1140 g/mol. The first-order valence-electron chi connectivity index (χ1n) is 35.6. The summed E-state index contributed by atoms with van der Waals surface area (Å²) in [6, 6.07) is 0. The minimum absolute atomic E-state index is 0.0704. The van der Waals surface area contributed by atoms with E-state index in [1.165, 1.54) is 218 Å². The van der Waals surface area contributed by atoms with Crippen LogP contribution in [0.3, 0.4) is 0 Å². The van der Waals surface area contributed by atoms with Crippen molar-refractivity contribution >= 4 is 17.9 Å². The second-order valence-corrected chi connectivity index (χ2v) is 23.8. The molecular formula is C76H134O6. The molecule has 0 aromatic carbocycles. The topological polar surface area (TPSA) is 78.9 Å². The molecule has 0 amide bonds. The van der Waals surface area contributed by atoms with E-state index in [9.17, 15) is 14.4 Å². The summed E-state index contributed by atoms with van der Waals surface area (Å²) >= 11 is 0. The number of hydrogen-bond acceptors (Lipinski definition) is 6.